The minimum absolute atomic E-state index is 0.0371. The fourth-order valence-corrected chi connectivity index (χ4v) is 1.82. The van der Waals surface area contributed by atoms with E-state index in [1.807, 2.05) is 0 Å². The topological polar surface area (TPSA) is 43.4 Å². The third-order valence-corrected chi connectivity index (χ3v) is 3.02. The van der Waals surface area contributed by atoms with Crippen molar-refractivity contribution in [2.24, 2.45) is 0 Å². The summed E-state index contributed by atoms with van der Waals surface area (Å²) < 4.78 is 27.7. The largest absolute Gasteiger partial charge is 0.297 e. The molecule has 1 aromatic rings. The first-order valence-electron chi connectivity index (χ1n) is 4.32. The first-order valence-corrected chi connectivity index (χ1v) is 5.73. The van der Waals surface area contributed by atoms with Crippen molar-refractivity contribution in [2.75, 3.05) is 6.61 Å². The van der Waals surface area contributed by atoms with Crippen LogP contribution in [0.15, 0.2) is 49.6 Å². The van der Waals surface area contributed by atoms with E-state index in [4.69, 9.17) is 0 Å². The van der Waals surface area contributed by atoms with Gasteiger partial charge in [0, 0.05) is 0 Å². The molecule has 0 spiro atoms. The molecule has 0 aliphatic carbocycles. The zero-order valence-electron chi connectivity index (χ0n) is 8.22. The number of rotatable bonds is 5. The molecule has 0 saturated heterocycles. The molecule has 3 nitrogen and oxygen atoms in total. The summed E-state index contributed by atoms with van der Waals surface area (Å²) >= 11 is 0. The van der Waals surface area contributed by atoms with Gasteiger partial charge in [-0.05, 0) is 5.56 Å². The lowest BCUT2D eigenvalue weighted by Gasteiger charge is -2.06. The predicted molar refractivity (Wildman–Crippen MR) is 60.5 cm³/mol. The maximum atomic E-state index is 11.5. The van der Waals surface area contributed by atoms with Crippen molar-refractivity contribution >= 4 is 15.0 Å². The maximum absolute atomic E-state index is 11.5. The minimum atomic E-state index is -3.74. The van der Waals surface area contributed by atoms with E-state index in [1.165, 1.54) is 6.08 Å². The first kappa shape index (κ1) is 11.7. The van der Waals surface area contributed by atoms with Gasteiger partial charge in [0.25, 0.3) is 10.1 Å². The highest BCUT2D eigenvalue weighted by atomic mass is 32.2. The third-order valence-electron chi connectivity index (χ3n) is 1.74. The lowest BCUT2D eigenvalue weighted by Crippen LogP contribution is -2.07. The Morgan fingerprint density at radius 1 is 1.33 bits per heavy atom. The van der Waals surface area contributed by atoms with Gasteiger partial charge in [0.1, 0.15) is 0 Å². The van der Waals surface area contributed by atoms with Crippen LogP contribution in [-0.2, 0) is 14.3 Å². The Morgan fingerprint density at radius 2 is 1.93 bits per heavy atom. The number of hydrogen-bond acceptors (Lipinski definition) is 3. The maximum Gasteiger partial charge on any atom is 0.297 e. The van der Waals surface area contributed by atoms with Crippen molar-refractivity contribution < 1.29 is 12.6 Å². The molecule has 0 amide bonds. The van der Waals surface area contributed by atoms with E-state index in [2.05, 4.69) is 17.3 Å². The van der Waals surface area contributed by atoms with Gasteiger partial charge < -0.3 is 0 Å². The molecular weight excluding hydrogens is 212 g/mol. The van der Waals surface area contributed by atoms with Crippen molar-refractivity contribution in [3.8, 4) is 0 Å². The summed E-state index contributed by atoms with van der Waals surface area (Å²) in [6.07, 6.45) is 1.37. The molecule has 0 unspecified atom stereocenters. The molecule has 0 aliphatic rings. The van der Waals surface area contributed by atoms with Crippen LogP contribution >= 0.6 is 0 Å². The van der Waals surface area contributed by atoms with Gasteiger partial charge in [0.15, 0.2) is 0 Å². The Bertz CT molecular complexity index is 446. The Balaban J connectivity index is 2.90. The Kier molecular flexibility index (Phi) is 3.82. The summed E-state index contributed by atoms with van der Waals surface area (Å²) in [5.74, 6) is 0. The number of hydrogen-bond donors (Lipinski definition) is 0. The zero-order chi connectivity index (χ0) is 11.3. The fraction of sp³-hybridized carbons (Fsp3) is 0.0909. The molecule has 80 valence electrons. The lowest BCUT2D eigenvalue weighted by atomic mass is 10.2. The lowest BCUT2D eigenvalue weighted by molar-refractivity contribution is 0.366. The average molecular weight is 224 g/mol. The average Bonchev–Trinajstić information content (AvgIpc) is 2.26. The molecule has 0 radical (unpaired) electrons. The molecule has 0 fully saturated rings. The van der Waals surface area contributed by atoms with Crippen LogP contribution in [0.3, 0.4) is 0 Å². The monoisotopic (exact) mass is 224 g/mol. The SMILES string of the molecule is C=CCOS(=O)(=O)C(=C)c1ccccc1. The van der Waals surface area contributed by atoms with Crippen LogP contribution in [0.2, 0.25) is 0 Å². The van der Waals surface area contributed by atoms with E-state index in [9.17, 15) is 8.42 Å². The molecular formula is C11H12O3S. The van der Waals surface area contributed by atoms with Crippen molar-refractivity contribution in [1.29, 1.82) is 0 Å². The Morgan fingerprint density at radius 3 is 2.47 bits per heavy atom. The highest BCUT2D eigenvalue weighted by Crippen LogP contribution is 2.19. The molecule has 1 aromatic carbocycles. The summed E-state index contributed by atoms with van der Waals surface area (Å²) in [5.41, 5.74) is 0.529. The minimum Gasteiger partial charge on any atom is -0.262 e. The van der Waals surface area contributed by atoms with Gasteiger partial charge >= 0.3 is 0 Å². The fourth-order valence-electron chi connectivity index (χ4n) is 0.977. The van der Waals surface area contributed by atoms with Crippen molar-refractivity contribution in [3.63, 3.8) is 0 Å². The Labute approximate surface area is 89.8 Å². The van der Waals surface area contributed by atoms with Crippen LogP contribution in [0.25, 0.3) is 4.91 Å². The van der Waals surface area contributed by atoms with E-state index in [0.717, 1.165) is 0 Å². The van der Waals surface area contributed by atoms with Crippen molar-refractivity contribution in [1.82, 2.24) is 0 Å². The molecule has 0 bridgehead atoms. The highest BCUT2D eigenvalue weighted by molar-refractivity contribution is 7.96. The van der Waals surface area contributed by atoms with E-state index in [-0.39, 0.29) is 11.5 Å². The van der Waals surface area contributed by atoms with Crippen LogP contribution < -0.4 is 0 Å². The van der Waals surface area contributed by atoms with Gasteiger partial charge in [-0.1, -0.05) is 43.0 Å². The van der Waals surface area contributed by atoms with Crippen LogP contribution in [0.5, 0.6) is 0 Å². The van der Waals surface area contributed by atoms with Gasteiger partial charge in [-0.2, -0.15) is 8.42 Å². The highest BCUT2D eigenvalue weighted by Gasteiger charge is 2.17. The normalized spacial score (nSPS) is 10.9. The van der Waals surface area contributed by atoms with Crippen LogP contribution in [0.1, 0.15) is 5.56 Å². The molecule has 0 aliphatic heterocycles. The van der Waals surface area contributed by atoms with E-state index in [0.29, 0.717) is 5.56 Å². The summed E-state index contributed by atoms with van der Waals surface area (Å²) in [4.78, 5) is -0.0371. The van der Waals surface area contributed by atoms with Crippen LogP contribution in [-0.4, -0.2) is 15.0 Å². The van der Waals surface area contributed by atoms with E-state index < -0.39 is 10.1 Å². The third kappa shape index (κ3) is 3.04. The summed E-state index contributed by atoms with van der Waals surface area (Å²) in [5, 5.41) is 0. The second-order valence-electron chi connectivity index (χ2n) is 2.82. The number of benzene rings is 1. The van der Waals surface area contributed by atoms with E-state index in [1.54, 1.807) is 30.3 Å². The molecule has 4 heteroatoms. The van der Waals surface area contributed by atoms with Crippen LogP contribution in [0.4, 0.5) is 0 Å². The smallest absolute Gasteiger partial charge is 0.262 e. The van der Waals surface area contributed by atoms with E-state index >= 15 is 0 Å². The van der Waals surface area contributed by atoms with Crippen molar-refractivity contribution in [3.05, 3.63) is 55.1 Å². The van der Waals surface area contributed by atoms with Crippen molar-refractivity contribution in [2.45, 2.75) is 0 Å². The summed E-state index contributed by atoms with van der Waals surface area (Å²) in [6.45, 7) is 6.83. The second kappa shape index (κ2) is 4.91. The zero-order valence-corrected chi connectivity index (χ0v) is 9.03. The molecule has 0 N–H and O–H groups in total. The Hall–Kier alpha value is -1.39. The molecule has 0 saturated carbocycles. The molecule has 1 rings (SSSR count). The summed E-state index contributed by atoms with van der Waals surface area (Å²) in [6, 6.07) is 8.61. The van der Waals surface area contributed by atoms with Gasteiger partial charge in [-0.15, -0.1) is 6.58 Å². The molecule has 15 heavy (non-hydrogen) atoms. The first-order chi connectivity index (χ1) is 7.08. The van der Waals surface area contributed by atoms with Gasteiger partial charge in [0.2, 0.25) is 0 Å². The molecule has 0 aromatic heterocycles. The van der Waals surface area contributed by atoms with Gasteiger partial charge in [0.05, 0.1) is 11.5 Å². The van der Waals surface area contributed by atoms with Gasteiger partial charge in [-0.25, -0.2) is 0 Å². The summed E-state index contributed by atoms with van der Waals surface area (Å²) in [7, 11) is -3.74. The standard InChI is InChI=1S/C11H12O3S/c1-3-9-14-15(12,13)10(2)11-7-5-4-6-8-11/h3-8H,1-2,9H2. The van der Waals surface area contributed by atoms with Gasteiger partial charge in [-0.3, -0.25) is 4.18 Å². The second-order valence-corrected chi connectivity index (χ2v) is 4.45. The molecule has 0 atom stereocenters. The predicted octanol–water partition coefficient (Wildman–Crippen LogP) is 2.19. The van der Waals surface area contributed by atoms with Crippen LogP contribution in [0, 0.1) is 0 Å². The quantitative estimate of drug-likeness (QED) is 0.568. The molecule has 0 heterocycles.